The second-order valence-corrected chi connectivity index (χ2v) is 4.18. The van der Waals surface area contributed by atoms with Crippen molar-refractivity contribution in [2.75, 3.05) is 38.8 Å². The summed E-state index contributed by atoms with van der Waals surface area (Å²) < 4.78 is 10.4. The molecule has 17 heavy (non-hydrogen) atoms. The molecule has 1 aliphatic rings. The molecule has 0 bridgehead atoms. The average Bonchev–Trinajstić information content (AvgIpc) is 2.38. The third-order valence-corrected chi connectivity index (χ3v) is 2.92. The number of aromatic nitrogens is 1. The Balaban J connectivity index is 2.20. The van der Waals surface area contributed by atoms with E-state index in [-0.39, 0.29) is 0 Å². The highest BCUT2D eigenvalue weighted by Crippen LogP contribution is 2.27. The maximum Gasteiger partial charge on any atom is 0.258 e. The molecule has 1 aromatic heterocycles. The van der Waals surface area contributed by atoms with Crippen LogP contribution in [-0.2, 0) is 0 Å². The average molecular weight is 237 g/mol. The number of methoxy groups -OCH3 is 2. The number of anilines is 1. The van der Waals surface area contributed by atoms with Crippen LogP contribution < -0.4 is 19.7 Å². The largest absolute Gasteiger partial charge is 0.491 e. The Morgan fingerprint density at radius 2 is 2.18 bits per heavy atom. The van der Waals surface area contributed by atoms with Crippen LogP contribution in [0.5, 0.6) is 11.6 Å². The van der Waals surface area contributed by atoms with Gasteiger partial charge in [0.1, 0.15) is 5.82 Å². The molecule has 2 heterocycles. The topological polar surface area (TPSA) is 46.6 Å². The van der Waals surface area contributed by atoms with Crippen LogP contribution in [0.4, 0.5) is 5.82 Å². The van der Waals surface area contributed by atoms with E-state index in [0.29, 0.717) is 17.7 Å². The summed E-state index contributed by atoms with van der Waals surface area (Å²) in [5.74, 6) is 2.15. The van der Waals surface area contributed by atoms with Gasteiger partial charge in [-0.25, -0.2) is 0 Å². The van der Waals surface area contributed by atoms with Gasteiger partial charge >= 0.3 is 0 Å². The van der Waals surface area contributed by atoms with Crippen LogP contribution in [0.15, 0.2) is 12.1 Å². The molecule has 94 valence electrons. The number of piperazine rings is 1. The minimum Gasteiger partial charge on any atom is -0.491 e. The highest BCUT2D eigenvalue weighted by molar-refractivity contribution is 5.47. The highest BCUT2D eigenvalue weighted by Gasteiger charge is 2.18. The SMILES string of the molecule is COc1ccc(N2CCN[C@H](C)C2)nc1OC. The van der Waals surface area contributed by atoms with Gasteiger partial charge in [-0.3, -0.25) is 0 Å². The number of hydrogen-bond acceptors (Lipinski definition) is 5. The van der Waals surface area contributed by atoms with Gasteiger partial charge in [0.15, 0.2) is 5.75 Å². The summed E-state index contributed by atoms with van der Waals surface area (Å²) in [5.41, 5.74) is 0. The van der Waals surface area contributed by atoms with Gasteiger partial charge in [0.25, 0.3) is 5.88 Å². The normalized spacial score (nSPS) is 20.2. The van der Waals surface area contributed by atoms with Crippen LogP contribution in [-0.4, -0.2) is 44.9 Å². The Labute approximate surface area is 102 Å². The monoisotopic (exact) mass is 237 g/mol. The van der Waals surface area contributed by atoms with E-state index in [4.69, 9.17) is 9.47 Å². The number of ether oxygens (including phenoxy) is 2. The summed E-state index contributed by atoms with van der Waals surface area (Å²) >= 11 is 0. The van der Waals surface area contributed by atoms with Crippen molar-refractivity contribution in [3.05, 3.63) is 12.1 Å². The Kier molecular flexibility index (Phi) is 3.68. The van der Waals surface area contributed by atoms with Gasteiger partial charge in [0, 0.05) is 25.7 Å². The molecule has 5 nitrogen and oxygen atoms in total. The first-order chi connectivity index (χ1) is 8.24. The van der Waals surface area contributed by atoms with Crippen LogP contribution in [0.1, 0.15) is 6.92 Å². The molecule has 1 aliphatic heterocycles. The van der Waals surface area contributed by atoms with E-state index >= 15 is 0 Å². The maximum atomic E-state index is 5.22. The molecule has 0 unspecified atom stereocenters. The Hall–Kier alpha value is -1.49. The fourth-order valence-electron chi connectivity index (χ4n) is 2.04. The first-order valence-corrected chi connectivity index (χ1v) is 5.82. The van der Waals surface area contributed by atoms with Crippen LogP contribution in [0.25, 0.3) is 0 Å². The number of pyridine rings is 1. The molecule has 0 saturated carbocycles. The Morgan fingerprint density at radius 1 is 1.35 bits per heavy atom. The highest BCUT2D eigenvalue weighted by atomic mass is 16.5. The van der Waals surface area contributed by atoms with Gasteiger partial charge in [0.2, 0.25) is 0 Å². The summed E-state index contributed by atoms with van der Waals surface area (Å²) in [6.07, 6.45) is 0. The molecule has 0 radical (unpaired) electrons. The molecule has 1 saturated heterocycles. The quantitative estimate of drug-likeness (QED) is 0.846. The Bertz CT molecular complexity index is 384. The van der Waals surface area contributed by atoms with E-state index in [9.17, 15) is 0 Å². The maximum absolute atomic E-state index is 5.22. The van der Waals surface area contributed by atoms with Crippen molar-refractivity contribution in [1.29, 1.82) is 0 Å². The van der Waals surface area contributed by atoms with Crippen molar-refractivity contribution in [1.82, 2.24) is 10.3 Å². The summed E-state index contributed by atoms with van der Waals surface area (Å²) in [5, 5.41) is 3.41. The third-order valence-electron chi connectivity index (χ3n) is 2.92. The van der Waals surface area contributed by atoms with E-state index in [0.717, 1.165) is 25.5 Å². The molecule has 0 aliphatic carbocycles. The van der Waals surface area contributed by atoms with Crippen LogP contribution in [0.3, 0.4) is 0 Å². The van der Waals surface area contributed by atoms with E-state index in [1.807, 2.05) is 12.1 Å². The first-order valence-electron chi connectivity index (χ1n) is 5.82. The lowest BCUT2D eigenvalue weighted by Gasteiger charge is -2.32. The molecule has 1 atom stereocenters. The van der Waals surface area contributed by atoms with Crippen molar-refractivity contribution in [3.63, 3.8) is 0 Å². The van der Waals surface area contributed by atoms with E-state index in [1.165, 1.54) is 0 Å². The first kappa shape index (κ1) is 12.0. The lowest BCUT2D eigenvalue weighted by atomic mass is 10.2. The molecule has 1 aromatic rings. The zero-order valence-corrected chi connectivity index (χ0v) is 10.6. The van der Waals surface area contributed by atoms with Crippen LogP contribution in [0, 0.1) is 0 Å². The minimum absolute atomic E-state index is 0.485. The van der Waals surface area contributed by atoms with Crippen molar-refractivity contribution in [2.24, 2.45) is 0 Å². The molecular formula is C12H19N3O2. The fourth-order valence-corrected chi connectivity index (χ4v) is 2.04. The molecule has 5 heteroatoms. The number of nitrogens with one attached hydrogen (secondary N) is 1. The number of nitrogens with zero attached hydrogens (tertiary/aromatic N) is 2. The van der Waals surface area contributed by atoms with E-state index in [2.05, 4.69) is 22.1 Å². The number of rotatable bonds is 3. The van der Waals surface area contributed by atoms with Crippen LogP contribution in [0.2, 0.25) is 0 Å². The molecule has 1 fully saturated rings. The molecular weight excluding hydrogens is 218 g/mol. The smallest absolute Gasteiger partial charge is 0.258 e. The summed E-state index contributed by atoms with van der Waals surface area (Å²) in [4.78, 5) is 6.72. The molecule has 0 aromatic carbocycles. The van der Waals surface area contributed by atoms with Gasteiger partial charge in [-0.2, -0.15) is 4.98 Å². The molecule has 1 N–H and O–H groups in total. The number of hydrogen-bond donors (Lipinski definition) is 1. The van der Waals surface area contributed by atoms with Gasteiger partial charge in [-0.05, 0) is 19.1 Å². The predicted molar refractivity (Wildman–Crippen MR) is 67.0 cm³/mol. The summed E-state index contributed by atoms with van der Waals surface area (Å²) in [6.45, 7) is 5.08. The van der Waals surface area contributed by atoms with Crippen molar-refractivity contribution in [2.45, 2.75) is 13.0 Å². The second-order valence-electron chi connectivity index (χ2n) is 4.18. The predicted octanol–water partition coefficient (Wildman–Crippen LogP) is 0.897. The zero-order valence-electron chi connectivity index (χ0n) is 10.6. The van der Waals surface area contributed by atoms with Crippen molar-refractivity contribution >= 4 is 5.82 Å². The van der Waals surface area contributed by atoms with Gasteiger partial charge in [0.05, 0.1) is 14.2 Å². The molecule has 2 rings (SSSR count). The Morgan fingerprint density at radius 3 is 2.82 bits per heavy atom. The standard InChI is InChI=1S/C12H19N3O2/c1-9-8-15(7-6-13-9)11-5-4-10(16-2)12(14-11)17-3/h4-5,9,13H,6-8H2,1-3H3/t9-/m1/s1. The van der Waals surface area contributed by atoms with Gasteiger partial charge in [-0.15, -0.1) is 0 Å². The lowest BCUT2D eigenvalue weighted by Crippen LogP contribution is -2.49. The van der Waals surface area contributed by atoms with Crippen molar-refractivity contribution < 1.29 is 9.47 Å². The van der Waals surface area contributed by atoms with Crippen molar-refractivity contribution in [3.8, 4) is 11.6 Å². The third kappa shape index (κ3) is 2.61. The summed E-state index contributed by atoms with van der Waals surface area (Å²) in [7, 11) is 3.22. The van der Waals surface area contributed by atoms with E-state index in [1.54, 1.807) is 14.2 Å². The molecule has 0 amide bonds. The summed E-state index contributed by atoms with van der Waals surface area (Å²) in [6, 6.07) is 4.35. The lowest BCUT2D eigenvalue weighted by molar-refractivity contribution is 0.342. The zero-order chi connectivity index (χ0) is 12.3. The second kappa shape index (κ2) is 5.23. The minimum atomic E-state index is 0.485. The fraction of sp³-hybridized carbons (Fsp3) is 0.583. The van der Waals surface area contributed by atoms with Crippen LogP contribution >= 0.6 is 0 Å². The van der Waals surface area contributed by atoms with E-state index < -0.39 is 0 Å². The van der Waals surface area contributed by atoms with Gasteiger partial charge in [-0.1, -0.05) is 0 Å². The van der Waals surface area contributed by atoms with Gasteiger partial charge < -0.3 is 19.7 Å². The molecule has 0 spiro atoms.